The van der Waals surface area contributed by atoms with Crippen molar-refractivity contribution in [1.82, 2.24) is 14.8 Å². The Hall–Kier alpha value is -2.94. The number of rotatable bonds is 7. The van der Waals surface area contributed by atoms with Crippen LogP contribution >= 0.6 is 35.0 Å². The highest BCUT2D eigenvalue weighted by molar-refractivity contribution is 7.99. The second-order valence-electron chi connectivity index (χ2n) is 6.55. The summed E-state index contributed by atoms with van der Waals surface area (Å²) in [7, 11) is 0. The van der Waals surface area contributed by atoms with E-state index in [0.717, 1.165) is 5.56 Å². The number of carbonyl (C=O) groups excluding carboxylic acids is 1. The molecule has 2 aromatic carbocycles. The number of nitrogen functional groups attached to an aromatic ring is 1. The molecule has 0 saturated heterocycles. The summed E-state index contributed by atoms with van der Waals surface area (Å²) in [4.78, 5) is 12.5. The molecular formula is C21H17Cl2N5O2S. The fourth-order valence-electron chi connectivity index (χ4n) is 2.88. The van der Waals surface area contributed by atoms with Gasteiger partial charge in [-0.25, -0.2) is 0 Å². The predicted octanol–water partition coefficient (Wildman–Crippen LogP) is 5.21. The van der Waals surface area contributed by atoms with Crippen LogP contribution in [0.5, 0.6) is 0 Å². The van der Waals surface area contributed by atoms with Crippen molar-refractivity contribution in [2.24, 2.45) is 0 Å². The van der Waals surface area contributed by atoms with E-state index < -0.39 is 0 Å². The van der Waals surface area contributed by atoms with Crippen LogP contribution in [0.3, 0.4) is 0 Å². The lowest BCUT2D eigenvalue weighted by Gasteiger charge is -2.10. The minimum absolute atomic E-state index is 0.116. The zero-order valence-electron chi connectivity index (χ0n) is 16.1. The number of hydrogen-bond acceptors (Lipinski definition) is 6. The lowest BCUT2D eigenvalue weighted by molar-refractivity contribution is -0.113. The van der Waals surface area contributed by atoms with Crippen molar-refractivity contribution >= 4 is 52.2 Å². The van der Waals surface area contributed by atoms with E-state index in [1.165, 1.54) is 11.8 Å². The third-order valence-electron chi connectivity index (χ3n) is 4.34. The fraction of sp³-hybridized carbons (Fsp3) is 0.0952. The summed E-state index contributed by atoms with van der Waals surface area (Å²) in [6.45, 7) is 0.539. The standard InChI is InChI=1S/C21H17Cl2N5O2S/c22-15-9-14(10-16(23)19(15)24)25-18(29)12-31-21-27-26-20(17-7-4-8-30-17)28(21)11-13-5-2-1-3-6-13/h1-10H,11-12,24H2,(H,25,29). The van der Waals surface area contributed by atoms with Crippen molar-refractivity contribution in [2.75, 3.05) is 16.8 Å². The van der Waals surface area contributed by atoms with E-state index in [0.29, 0.717) is 29.0 Å². The monoisotopic (exact) mass is 473 g/mol. The Labute approximate surface area is 192 Å². The number of aromatic nitrogens is 3. The average Bonchev–Trinajstić information content (AvgIpc) is 3.41. The van der Waals surface area contributed by atoms with Crippen LogP contribution in [0.1, 0.15) is 5.56 Å². The molecule has 0 bridgehead atoms. The van der Waals surface area contributed by atoms with E-state index in [-0.39, 0.29) is 27.4 Å². The highest BCUT2D eigenvalue weighted by Crippen LogP contribution is 2.31. The van der Waals surface area contributed by atoms with Crippen LogP contribution in [0.4, 0.5) is 11.4 Å². The van der Waals surface area contributed by atoms with Gasteiger partial charge in [-0.1, -0.05) is 65.3 Å². The molecule has 4 aromatic rings. The number of nitrogens with zero attached hydrogens (tertiary/aromatic N) is 3. The van der Waals surface area contributed by atoms with Crippen molar-refractivity contribution < 1.29 is 9.21 Å². The summed E-state index contributed by atoms with van der Waals surface area (Å²) >= 11 is 13.3. The van der Waals surface area contributed by atoms with Crippen LogP contribution in [0.25, 0.3) is 11.6 Å². The Morgan fingerprint density at radius 2 is 1.84 bits per heavy atom. The molecule has 0 atom stereocenters. The maximum Gasteiger partial charge on any atom is 0.234 e. The number of nitrogens with two attached hydrogens (primary N) is 1. The second kappa shape index (κ2) is 9.47. The van der Waals surface area contributed by atoms with Crippen molar-refractivity contribution in [1.29, 1.82) is 0 Å². The molecule has 1 amide bonds. The molecule has 158 valence electrons. The first-order valence-electron chi connectivity index (χ1n) is 9.19. The van der Waals surface area contributed by atoms with Gasteiger partial charge in [0.1, 0.15) is 0 Å². The van der Waals surface area contributed by atoms with Gasteiger partial charge in [-0.05, 0) is 29.8 Å². The first-order valence-corrected chi connectivity index (χ1v) is 10.9. The van der Waals surface area contributed by atoms with Gasteiger partial charge in [-0.15, -0.1) is 10.2 Å². The molecule has 0 fully saturated rings. The molecule has 0 aliphatic rings. The van der Waals surface area contributed by atoms with E-state index in [2.05, 4.69) is 15.5 Å². The van der Waals surface area contributed by atoms with E-state index in [1.54, 1.807) is 24.5 Å². The zero-order chi connectivity index (χ0) is 21.8. The molecule has 0 saturated carbocycles. The number of carbonyl (C=O) groups is 1. The molecule has 0 radical (unpaired) electrons. The first-order chi connectivity index (χ1) is 15.0. The van der Waals surface area contributed by atoms with E-state index in [1.807, 2.05) is 41.0 Å². The summed E-state index contributed by atoms with van der Waals surface area (Å²) in [6, 6.07) is 16.6. The van der Waals surface area contributed by atoms with Crippen molar-refractivity contribution in [3.8, 4) is 11.6 Å². The van der Waals surface area contributed by atoms with Crippen LogP contribution in [0.15, 0.2) is 70.4 Å². The lowest BCUT2D eigenvalue weighted by atomic mass is 10.2. The molecule has 2 heterocycles. The Balaban J connectivity index is 1.51. The van der Waals surface area contributed by atoms with Gasteiger partial charge in [0.25, 0.3) is 0 Å². The van der Waals surface area contributed by atoms with Crippen molar-refractivity contribution in [3.63, 3.8) is 0 Å². The fourth-order valence-corrected chi connectivity index (χ4v) is 4.10. The molecule has 31 heavy (non-hydrogen) atoms. The van der Waals surface area contributed by atoms with Crippen molar-refractivity contribution in [2.45, 2.75) is 11.7 Å². The highest BCUT2D eigenvalue weighted by atomic mass is 35.5. The van der Waals surface area contributed by atoms with Crippen LogP contribution in [-0.2, 0) is 11.3 Å². The summed E-state index contributed by atoms with van der Waals surface area (Å²) in [5, 5.41) is 12.4. The topological polar surface area (TPSA) is 99.0 Å². The molecule has 4 rings (SSSR count). The number of amides is 1. The molecule has 0 unspecified atom stereocenters. The number of anilines is 2. The summed E-state index contributed by atoms with van der Waals surface area (Å²) in [6.07, 6.45) is 1.58. The summed E-state index contributed by atoms with van der Waals surface area (Å²) in [5.41, 5.74) is 7.55. The molecule has 3 N–H and O–H groups in total. The Morgan fingerprint density at radius 3 is 2.52 bits per heavy atom. The van der Waals surface area contributed by atoms with Gasteiger partial charge in [0.15, 0.2) is 10.9 Å². The predicted molar refractivity (Wildman–Crippen MR) is 123 cm³/mol. The normalized spacial score (nSPS) is 10.9. The van der Waals surface area contributed by atoms with Gasteiger partial charge in [-0.3, -0.25) is 9.36 Å². The largest absolute Gasteiger partial charge is 0.461 e. The van der Waals surface area contributed by atoms with E-state index in [4.69, 9.17) is 33.4 Å². The molecule has 0 spiro atoms. The molecule has 2 aromatic heterocycles. The van der Waals surface area contributed by atoms with Crippen LogP contribution in [-0.4, -0.2) is 26.4 Å². The van der Waals surface area contributed by atoms with E-state index in [9.17, 15) is 4.79 Å². The molecule has 10 heteroatoms. The molecule has 0 aliphatic heterocycles. The van der Waals surface area contributed by atoms with Gasteiger partial charge >= 0.3 is 0 Å². The summed E-state index contributed by atoms with van der Waals surface area (Å²) in [5.74, 6) is 1.07. The van der Waals surface area contributed by atoms with Gasteiger partial charge < -0.3 is 15.5 Å². The van der Waals surface area contributed by atoms with Crippen LogP contribution in [0, 0.1) is 0 Å². The lowest BCUT2D eigenvalue weighted by Crippen LogP contribution is -2.15. The van der Waals surface area contributed by atoms with E-state index >= 15 is 0 Å². The van der Waals surface area contributed by atoms with Gasteiger partial charge in [-0.2, -0.15) is 0 Å². The van der Waals surface area contributed by atoms with Crippen LogP contribution < -0.4 is 11.1 Å². The number of thioether (sulfide) groups is 1. The number of furan rings is 1. The van der Waals surface area contributed by atoms with Crippen molar-refractivity contribution in [3.05, 3.63) is 76.5 Å². The smallest absolute Gasteiger partial charge is 0.234 e. The average molecular weight is 474 g/mol. The molecule has 0 aliphatic carbocycles. The van der Waals surface area contributed by atoms with Gasteiger partial charge in [0.2, 0.25) is 11.7 Å². The Bertz CT molecular complexity index is 1170. The van der Waals surface area contributed by atoms with Gasteiger partial charge in [0, 0.05) is 5.69 Å². The maximum atomic E-state index is 12.5. The number of nitrogens with one attached hydrogen (secondary N) is 1. The Morgan fingerprint density at radius 1 is 1.10 bits per heavy atom. The maximum absolute atomic E-state index is 12.5. The van der Waals surface area contributed by atoms with Gasteiger partial charge in [0.05, 0.1) is 34.3 Å². The number of benzene rings is 2. The third-order valence-corrected chi connectivity index (χ3v) is 5.93. The van der Waals surface area contributed by atoms with Crippen LogP contribution in [0.2, 0.25) is 10.0 Å². The zero-order valence-corrected chi connectivity index (χ0v) is 18.4. The molecule has 7 nitrogen and oxygen atoms in total. The SMILES string of the molecule is Nc1c(Cl)cc(NC(=O)CSc2nnc(-c3ccco3)n2Cc2ccccc2)cc1Cl. The second-order valence-corrected chi connectivity index (χ2v) is 8.30. The summed E-state index contributed by atoms with van der Waals surface area (Å²) < 4.78 is 7.42. The Kier molecular flexibility index (Phi) is 6.50. The first kappa shape index (κ1) is 21.3. The quantitative estimate of drug-likeness (QED) is 0.282. The highest BCUT2D eigenvalue weighted by Gasteiger charge is 2.18. The minimum atomic E-state index is -0.240. The molecular weight excluding hydrogens is 457 g/mol. The number of hydrogen-bond donors (Lipinski definition) is 2. The minimum Gasteiger partial charge on any atom is -0.461 e. The number of halogens is 2. The third kappa shape index (κ3) is 5.04.